The van der Waals surface area contributed by atoms with E-state index < -0.39 is 0 Å². The highest BCUT2D eigenvalue weighted by Gasteiger charge is 1.90. The molecule has 1 N–H and O–H groups in total. The predicted molar refractivity (Wildman–Crippen MR) is 77.2 cm³/mol. The third-order valence-corrected chi connectivity index (χ3v) is 2.86. The van der Waals surface area contributed by atoms with E-state index in [2.05, 4.69) is 31.2 Å². The highest BCUT2D eigenvalue weighted by Crippen LogP contribution is 2.07. The van der Waals surface area contributed by atoms with E-state index >= 15 is 0 Å². The van der Waals surface area contributed by atoms with Gasteiger partial charge in [0.2, 0.25) is 0 Å². The van der Waals surface area contributed by atoms with E-state index in [1.54, 1.807) is 0 Å². The zero-order chi connectivity index (χ0) is 12.8. The number of hydrogen-bond donors (Lipinski definition) is 1. The van der Waals surface area contributed by atoms with Crippen LogP contribution in [0.15, 0.2) is 24.3 Å². The van der Waals surface area contributed by atoms with Gasteiger partial charge in [0, 0.05) is 0 Å². The Balaban J connectivity index is 3.19. The summed E-state index contributed by atoms with van der Waals surface area (Å²) >= 11 is 0. The number of aliphatic hydroxyl groups is 1. The van der Waals surface area contributed by atoms with Gasteiger partial charge in [-0.2, -0.15) is 0 Å². The van der Waals surface area contributed by atoms with Gasteiger partial charge in [0.25, 0.3) is 0 Å². The molecule has 1 unspecified atom stereocenters. The fourth-order valence-electron chi connectivity index (χ4n) is 1.73. The van der Waals surface area contributed by atoms with Gasteiger partial charge in [-0.3, -0.25) is 0 Å². The van der Waals surface area contributed by atoms with E-state index in [0.717, 1.165) is 12.8 Å². The fraction of sp³-hybridized carbons (Fsp3) is 0.750. The molecule has 0 rings (SSSR count). The molecular weight excluding hydrogens is 208 g/mol. The van der Waals surface area contributed by atoms with Crippen molar-refractivity contribution in [2.75, 3.05) is 0 Å². The van der Waals surface area contributed by atoms with Crippen molar-refractivity contribution >= 4 is 0 Å². The van der Waals surface area contributed by atoms with E-state index in [4.69, 9.17) is 5.11 Å². The lowest BCUT2D eigenvalue weighted by Crippen LogP contribution is -1.96. The van der Waals surface area contributed by atoms with E-state index in [-0.39, 0.29) is 6.10 Å². The van der Waals surface area contributed by atoms with Gasteiger partial charge in [-0.1, -0.05) is 63.3 Å². The molecule has 100 valence electrons. The van der Waals surface area contributed by atoms with Gasteiger partial charge in [-0.05, 0) is 32.6 Å². The van der Waals surface area contributed by atoms with Crippen LogP contribution >= 0.6 is 0 Å². The largest absolute Gasteiger partial charge is 0.393 e. The van der Waals surface area contributed by atoms with Crippen LogP contribution in [0, 0.1) is 0 Å². The summed E-state index contributed by atoms with van der Waals surface area (Å²) < 4.78 is 0. The predicted octanol–water partition coefficient (Wildman–Crippen LogP) is 5.01. The molecule has 1 atom stereocenters. The van der Waals surface area contributed by atoms with E-state index in [9.17, 15) is 0 Å². The minimum absolute atomic E-state index is 0.174. The molecule has 0 radical (unpaired) electrons. The topological polar surface area (TPSA) is 20.2 Å². The summed E-state index contributed by atoms with van der Waals surface area (Å²) in [6.45, 7) is 4.09. The van der Waals surface area contributed by atoms with Crippen LogP contribution in [0.1, 0.15) is 71.6 Å². The van der Waals surface area contributed by atoms with Crippen molar-refractivity contribution < 1.29 is 5.11 Å². The minimum Gasteiger partial charge on any atom is -0.393 e. The monoisotopic (exact) mass is 238 g/mol. The van der Waals surface area contributed by atoms with Gasteiger partial charge in [-0.25, -0.2) is 0 Å². The number of allylic oxidation sites excluding steroid dienone is 4. The van der Waals surface area contributed by atoms with Gasteiger partial charge < -0.3 is 5.11 Å². The van der Waals surface area contributed by atoms with Gasteiger partial charge in [0.1, 0.15) is 0 Å². The molecule has 0 spiro atoms. The second-order valence-corrected chi connectivity index (χ2v) is 4.84. The highest BCUT2D eigenvalue weighted by molar-refractivity contribution is 5.02. The molecule has 0 amide bonds. The Morgan fingerprint density at radius 3 is 2.12 bits per heavy atom. The fourth-order valence-corrected chi connectivity index (χ4v) is 1.73. The van der Waals surface area contributed by atoms with Gasteiger partial charge in [0.05, 0.1) is 6.10 Å². The normalized spacial score (nSPS) is 13.8. The standard InChI is InChI=1S/C16H30O/c1-3-4-5-6-7-8-9-10-11-12-13-14-15-16(2)17/h10-13,16-17H,3-9,14-15H2,1-2H3. The molecule has 0 aromatic heterocycles. The summed E-state index contributed by atoms with van der Waals surface area (Å²) in [6, 6.07) is 0. The lowest BCUT2D eigenvalue weighted by Gasteiger charge is -1.98. The number of unbranched alkanes of at least 4 members (excludes halogenated alkanes) is 6. The Kier molecular flexibility index (Phi) is 13.1. The molecule has 1 heteroatoms. The third-order valence-electron chi connectivity index (χ3n) is 2.86. The van der Waals surface area contributed by atoms with Gasteiger partial charge in [0.15, 0.2) is 0 Å². The van der Waals surface area contributed by atoms with E-state index in [1.807, 2.05) is 6.92 Å². The maximum absolute atomic E-state index is 9.06. The Hall–Kier alpha value is -0.560. The molecule has 0 aliphatic heterocycles. The number of aliphatic hydroxyl groups excluding tert-OH is 1. The first kappa shape index (κ1) is 16.4. The molecule has 17 heavy (non-hydrogen) atoms. The van der Waals surface area contributed by atoms with Crippen molar-refractivity contribution in [2.24, 2.45) is 0 Å². The van der Waals surface area contributed by atoms with Crippen LogP contribution in [0.5, 0.6) is 0 Å². The zero-order valence-corrected chi connectivity index (χ0v) is 11.7. The van der Waals surface area contributed by atoms with Gasteiger partial charge >= 0.3 is 0 Å². The molecule has 0 saturated heterocycles. The van der Waals surface area contributed by atoms with Crippen LogP contribution < -0.4 is 0 Å². The Bertz CT molecular complexity index is 192. The van der Waals surface area contributed by atoms with Crippen LogP contribution in [0.25, 0.3) is 0 Å². The molecule has 1 nitrogen and oxygen atoms in total. The Labute approximate surface area is 108 Å². The minimum atomic E-state index is -0.174. The molecule has 0 fully saturated rings. The van der Waals surface area contributed by atoms with Crippen LogP contribution in [0.2, 0.25) is 0 Å². The summed E-state index contributed by atoms with van der Waals surface area (Å²) in [5.74, 6) is 0. The smallest absolute Gasteiger partial charge is 0.0515 e. The molecule has 0 aromatic carbocycles. The van der Waals surface area contributed by atoms with Crippen molar-refractivity contribution in [3.05, 3.63) is 24.3 Å². The summed E-state index contributed by atoms with van der Waals surface area (Å²) in [4.78, 5) is 0. The van der Waals surface area contributed by atoms with Crippen LogP contribution in [0.3, 0.4) is 0 Å². The van der Waals surface area contributed by atoms with Crippen molar-refractivity contribution in [3.8, 4) is 0 Å². The van der Waals surface area contributed by atoms with Gasteiger partial charge in [-0.15, -0.1) is 0 Å². The van der Waals surface area contributed by atoms with Crippen LogP contribution in [0.4, 0.5) is 0 Å². The SMILES string of the molecule is CCCCCCCCC=CC=CCCC(C)O. The summed E-state index contributed by atoms with van der Waals surface area (Å²) in [5, 5.41) is 9.06. The second-order valence-electron chi connectivity index (χ2n) is 4.84. The lowest BCUT2D eigenvalue weighted by molar-refractivity contribution is 0.186. The average Bonchev–Trinajstić information content (AvgIpc) is 2.30. The lowest BCUT2D eigenvalue weighted by atomic mass is 10.1. The number of hydrogen-bond acceptors (Lipinski definition) is 1. The Morgan fingerprint density at radius 1 is 0.882 bits per heavy atom. The average molecular weight is 238 g/mol. The molecule has 0 aromatic rings. The molecule has 0 heterocycles. The van der Waals surface area contributed by atoms with E-state index in [0.29, 0.717) is 0 Å². The maximum atomic E-state index is 9.06. The van der Waals surface area contributed by atoms with E-state index in [1.165, 1.54) is 44.9 Å². The quantitative estimate of drug-likeness (QED) is 0.396. The molecular formula is C16H30O. The van der Waals surface area contributed by atoms with Crippen molar-refractivity contribution in [3.63, 3.8) is 0 Å². The highest BCUT2D eigenvalue weighted by atomic mass is 16.3. The van der Waals surface area contributed by atoms with Crippen molar-refractivity contribution in [1.29, 1.82) is 0 Å². The first-order chi connectivity index (χ1) is 8.27. The third kappa shape index (κ3) is 15.4. The second kappa shape index (κ2) is 13.5. The first-order valence-electron chi connectivity index (χ1n) is 7.27. The van der Waals surface area contributed by atoms with Crippen molar-refractivity contribution in [2.45, 2.75) is 77.7 Å². The Morgan fingerprint density at radius 2 is 1.47 bits per heavy atom. The maximum Gasteiger partial charge on any atom is 0.0515 e. The van der Waals surface area contributed by atoms with Crippen LogP contribution in [-0.2, 0) is 0 Å². The first-order valence-corrected chi connectivity index (χ1v) is 7.27. The number of rotatable bonds is 11. The summed E-state index contributed by atoms with van der Waals surface area (Å²) in [5.41, 5.74) is 0. The van der Waals surface area contributed by atoms with Crippen molar-refractivity contribution in [1.82, 2.24) is 0 Å². The van der Waals surface area contributed by atoms with Crippen LogP contribution in [-0.4, -0.2) is 11.2 Å². The molecule has 0 bridgehead atoms. The molecule has 0 saturated carbocycles. The summed E-state index contributed by atoms with van der Waals surface area (Å²) in [6.07, 6.45) is 19.7. The molecule has 0 aliphatic rings. The summed E-state index contributed by atoms with van der Waals surface area (Å²) in [7, 11) is 0. The molecule has 0 aliphatic carbocycles. The zero-order valence-electron chi connectivity index (χ0n) is 11.7.